The summed E-state index contributed by atoms with van der Waals surface area (Å²) in [5.74, 6) is 0.174. The molecule has 2 N–H and O–H groups in total. The number of carbonyl (C=O) groups is 2. The predicted octanol–water partition coefficient (Wildman–Crippen LogP) is 2.14. The average molecular weight is 390 g/mol. The number of piperazine rings is 1. The van der Waals surface area contributed by atoms with Crippen molar-refractivity contribution < 1.29 is 9.59 Å². The maximum absolute atomic E-state index is 13.2. The molecule has 150 valence electrons. The summed E-state index contributed by atoms with van der Waals surface area (Å²) >= 11 is 0. The minimum Gasteiger partial charge on any atom is -0.358 e. The lowest BCUT2D eigenvalue weighted by molar-refractivity contribution is -0.122. The number of rotatable bonds is 5. The summed E-state index contributed by atoms with van der Waals surface area (Å²) < 4.78 is 0. The van der Waals surface area contributed by atoms with E-state index in [0.29, 0.717) is 19.4 Å². The lowest BCUT2D eigenvalue weighted by atomic mass is 9.91. The van der Waals surface area contributed by atoms with Crippen LogP contribution in [0.1, 0.15) is 24.5 Å². The van der Waals surface area contributed by atoms with Gasteiger partial charge in [-0.15, -0.1) is 0 Å². The average Bonchev–Trinajstić information content (AvgIpc) is 2.74. The van der Waals surface area contributed by atoms with Crippen molar-refractivity contribution in [3.8, 4) is 0 Å². The van der Waals surface area contributed by atoms with E-state index in [2.05, 4.69) is 26.8 Å². The van der Waals surface area contributed by atoms with E-state index in [1.54, 1.807) is 0 Å². The van der Waals surface area contributed by atoms with E-state index in [1.165, 1.54) is 0 Å². The van der Waals surface area contributed by atoms with Gasteiger partial charge in [-0.25, -0.2) is 5.43 Å². The Labute approximate surface area is 171 Å². The van der Waals surface area contributed by atoms with Crippen LogP contribution in [0.25, 0.3) is 0 Å². The highest BCUT2D eigenvalue weighted by Crippen LogP contribution is 2.28. The number of para-hydroxylation sites is 1. The number of nitrogens with one attached hydrogen (secondary N) is 2. The first-order valence-electron chi connectivity index (χ1n) is 10.1. The van der Waals surface area contributed by atoms with Crippen molar-refractivity contribution >= 4 is 23.1 Å². The summed E-state index contributed by atoms with van der Waals surface area (Å²) in [6.07, 6.45) is 0.838. The molecule has 1 amide bonds. The van der Waals surface area contributed by atoms with Crippen LogP contribution >= 0.6 is 0 Å². The Kier molecular flexibility index (Phi) is 5.71. The van der Waals surface area contributed by atoms with Crippen molar-refractivity contribution in [2.75, 3.05) is 24.5 Å². The number of carbonyl (C=O) groups excluding carboxylic acids is 2. The van der Waals surface area contributed by atoms with Crippen LogP contribution in [0.4, 0.5) is 5.69 Å². The molecule has 29 heavy (non-hydrogen) atoms. The molecule has 0 aliphatic carbocycles. The van der Waals surface area contributed by atoms with Crippen LogP contribution in [0.5, 0.6) is 0 Å². The Hall–Kier alpha value is -2.99. The molecule has 2 atom stereocenters. The maximum Gasteiger partial charge on any atom is 0.240 e. The van der Waals surface area contributed by atoms with Crippen LogP contribution in [0.15, 0.2) is 59.7 Å². The molecular weight excluding hydrogens is 364 g/mol. The molecule has 0 aromatic heterocycles. The molecule has 0 saturated carbocycles. The van der Waals surface area contributed by atoms with Crippen molar-refractivity contribution in [2.24, 2.45) is 11.0 Å². The number of nitrogens with zero attached hydrogens (tertiary/aromatic N) is 2. The molecule has 0 bridgehead atoms. The zero-order valence-electron chi connectivity index (χ0n) is 16.6. The van der Waals surface area contributed by atoms with Crippen LogP contribution in [0.3, 0.4) is 0 Å². The second kappa shape index (κ2) is 8.57. The fraction of sp³-hybridized carbons (Fsp3) is 0.348. The predicted molar refractivity (Wildman–Crippen MR) is 114 cm³/mol. The van der Waals surface area contributed by atoms with Gasteiger partial charge in [-0.05, 0) is 11.6 Å². The van der Waals surface area contributed by atoms with Gasteiger partial charge in [-0.1, -0.05) is 55.5 Å². The summed E-state index contributed by atoms with van der Waals surface area (Å²) in [4.78, 5) is 27.0. The molecule has 2 aromatic carbocycles. The Bertz CT molecular complexity index is 925. The van der Waals surface area contributed by atoms with Crippen molar-refractivity contribution in [1.82, 2.24) is 10.7 Å². The van der Waals surface area contributed by atoms with Crippen LogP contribution in [-0.2, 0) is 16.0 Å². The van der Waals surface area contributed by atoms with Gasteiger partial charge in [0.05, 0.1) is 5.71 Å². The van der Waals surface area contributed by atoms with E-state index in [-0.39, 0.29) is 23.7 Å². The summed E-state index contributed by atoms with van der Waals surface area (Å²) in [6, 6.07) is 17.7. The van der Waals surface area contributed by atoms with Gasteiger partial charge in [0.15, 0.2) is 5.78 Å². The molecular formula is C23H26N4O2. The Morgan fingerprint density at radius 1 is 1.14 bits per heavy atom. The number of ketones is 1. The largest absolute Gasteiger partial charge is 0.358 e. The fourth-order valence-electron chi connectivity index (χ4n) is 4.11. The van der Waals surface area contributed by atoms with Crippen molar-refractivity contribution in [3.63, 3.8) is 0 Å². The normalized spacial score (nSPS) is 22.0. The van der Waals surface area contributed by atoms with Gasteiger partial charge in [0.25, 0.3) is 0 Å². The van der Waals surface area contributed by atoms with E-state index >= 15 is 0 Å². The highest BCUT2D eigenvalue weighted by atomic mass is 16.2. The lowest BCUT2D eigenvalue weighted by Gasteiger charge is -2.38. The zero-order chi connectivity index (χ0) is 20.2. The number of amides is 1. The van der Waals surface area contributed by atoms with Gasteiger partial charge < -0.3 is 10.2 Å². The Balaban J connectivity index is 1.64. The van der Waals surface area contributed by atoms with Crippen molar-refractivity contribution in [3.05, 3.63) is 65.7 Å². The van der Waals surface area contributed by atoms with Gasteiger partial charge in [-0.3, -0.25) is 9.59 Å². The first-order valence-corrected chi connectivity index (χ1v) is 10.1. The third-order valence-corrected chi connectivity index (χ3v) is 5.59. The summed E-state index contributed by atoms with van der Waals surface area (Å²) in [5.41, 5.74) is 6.50. The van der Waals surface area contributed by atoms with Crippen LogP contribution in [0.2, 0.25) is 0 Å². The molecule has 0 spiro atoms. The molecule has 2 aromatic rings. The van der Waals surface area contributed by atoms with Gasteiger partial charge in [-0.2, -0.15) is 5.10 Å². The highest BCUT2D eigenvalue weighted by molar-refractivity contribution is 6.09. The molecule has 6 heteroatoms. The van der Waals surface area contributed by atoms with Gasteiger partial charge in [0, 0.05) is 49.6 Å². The standard InChI is InChI=1S/C23H26N4O2/c1-16-13-22(29)25-26-23(16)18-9-5-6-10-19(18)27-12-11-24-15-20(27)21(28)14-17-7-3-2-4-8-17/h2-10,16,20,24H,11-15H2,1H3,(H,25,29). The third-order valence-electron chi connectivity index (χ3n) is 5.59. The van der Waals surface area contributed by atoms with Crippen LogP contribution in [-0.4, -0.2) is 43.1 Å². The third kappa shape index (κ3) is 4.22. The lowest BCUT2D eigenvalue weighted by Crippen LogP contribution is -2.56. The second-order valence-corrected chi connectivity index (χ2v) is 7.70. The summed E-state index contributed by atoms with van der Waals surface area (Å²) in [5, 5.41) is 7.71. The number of anilines is 1. The molecule has 2 unspecified atom stereocenters. The summed E-state index contributed by atoms with van der Waals surface area (Å²) in [7, 11) is 0. The first kappa shape index (κ1) is 19.3. The van der Waals surface area contributed by atoms with E-state index in [9.17, 15) is 9.59 Å². The number of benzene rings is 2. The SMILES string of the molecule is CC1CC(=O)NN=C1c1ccccc1N1CCNCC1C(=O)Cc1ccccc1. The quantitative estimate of drug-likeness (QED) is 0.820. The monoisotopic (exact) mass is 390 g/mol. The van der Waals surface area contributed by atoms with Crippen molar-refractivity contribution in [2.45, 2.75) is 25.8 Å². The minimum absolute atomic E-state index is 0.0336. The second-order valence-electron chi connectivity index (χ2n) is 7.70. The van der Waals surface area contributed by atoms with Crippen molar-refractivity contribution in [1.29, 1.82) is 0 Å². The molecule has 1 saturated heterocycles. The van der Waals surface area contributed by atoms with Crippen LogP contribution < -0.4 is 15.6 Å². The smallest absolute Gasteiger partial charge is 0.240 e. The molecule has 4 rings (SSSR count). The first-order chi connectivity index (χ1) is 14.1. The van der Waals surface area contributed by atoms with Gasteiger partial charge in [0.2, 0.25) is 5.91 Å². The van der Waals surface area contributed by atoms with Gasteiger partial charge in [0.1, 0.15) is 6.04 Å². The molecule has 2 aliphatic rings. The van der Waals surface area contributed by atoms with Gasteiger partial charge >= 0.3 is 0 Å². The Morgan fingerprint density at radius 2 is 1.90 bits per heavy atom. The van der Waals surface area contributed by atoms with Crippen LogP contribution in [0, 0.1) is 5.92 Å². The molecule has 6 nitrogen and oxygen atoms in total. The Morgan fingerprint density at radius 3 is 2.69 bits per heavy atom. The van der Waals surface area contributed by atoms with E-state index in [4.69, 9.17) is 0 Å². The van der Waals surface area contributed by atoms with E-state index in [0.717, 1.165) is 35.6 Å². The number of Topliss-reactive ketones (excluding diaryl/α,β-unsaturated/α-hetero) is 1. The molecule has 1 fully saturated rings. The zero-order valence-corrected chi connectivity index (χ0v) is 16.6. The number of hydrazone groups is 1. The van der Waals surface area contributed by atoms with E-state index in [1.807, 2.05) is 55.5 Å². The summed E-state index contributed by atoms with van der Waals surface area (Å²) in [6.45, 7) is 4.21. The maximum atomic E-state index is 13.2. The highest BCUT2D eigenvalue weighted by Gasteiger charge is 2.32. The topological polar surface area (TPSA) is 73.8 Å². The van der Waals surface area contributed by atoms with E-state index < -0.39 is 0 Å². The molecule has 0 radical (unpaired) electrons. The molecule has 2 aliphatic heterocycles. The molecule has 2 heterocycles. The fourth-order valence-corrected chi connectivity index (χ4v) is 4.11. The minimum atomic E-state index is -0.237. The number of hydrogen-bond donors (Lipinski definition) is 2. The number of hydrogen-bond acceptors (Lipinski definition) is 5.